The molecule has 4 N–H and O–H groups in total. The van der Waals surface area contributed by atoms with E-state index in [4.69, 9.17) is 11.5 Å². The highest BCUT2D eigenvalue weighted by molar-refractivity contribution is 5.86. The highest BCUT2D eigenvalue weighted by Crippen LogP contribution is 2.55. The Labute approximate surface area is 235 Å². The maximum Gasteiger partial charge on any atom is 0.0314 e. The number of nitrogens with two attached hydrogens (primary N) is 2. The monoisotopic (exact) mass is 516 g/mol. The van der Waals surface area contributed by atoms with Gasteiger partial charge < -0.3 is 11.5 Å². The van der Waals surface area contributed by atoms with Crippen LogP contribution in [0.2, 0.25) is 0 Å². The van der Waals surface area contributed by atoms with E-state index in [0.29, 0.717) is 0 Å². The van der Waals surface area contributed by atoms with Gasteiger partial charge in [-0.05, 0) is 93.7 Å². The van der Waals surface area contributed by atoms with Crippen LogP contribution in [0.25, 0.3) is 33.4 Å². The molecule has 0 heterocycles. The summed E-state index contributed by atoms with van der Waals surface area (Å²) in [7, 11) is 0. The quantitative estimate of drug-likeness (QED) is 0.145. The molecule has 5 rings (SSSR count). The maximum atomic E-state index is 6.02. The highest BCUT2D eigenvalue weighted by atomic mass is 14.5. The first-order chi connectivity index (χ1) is 19.1. The number of anilines is 2. The molecule has 4 aromatic carbocycles. The summed E-state index contributed by atoms with van der Waals surface area (Å²) in [4.78, 5) is 0. The number of fused-ring (bicyclic) bond motifs is 3. The summed E-state index contributed by atoms with van der Waals surface area (Å²) in [5.41, 5.74) is 24.6. The minimum Gasteiger partial charge on any atom is -0.399 e. The van der Waals surface area contributed by atoms with Gasteiger partial charge in [0.15, 0.2) is 0 Å². The van der Waals surface area contributed by atoms with Gasteiger partial charge in [-0.3, -0.25) is 0 Å². The number of hydrogen-bond donors (Lipinski definition) is 2. The molecule has 2 nitrogen and oxygen atoms in total. The lowest BCUT2D eigenvalue weighted by atomic mass is 9.70. The van der Waals surface area contributed by atoms with Crippen LogP contribution in [0.1, 0.15) is 89.2 Å². The SMILES string of the molecule is CCCCCCC1(CCCCCC)c2cc(-c3ccc(N)cc3)ccc2-c2ccc(-c3ccc(N)cc3)cc21. The van der Waals surface area contributed by atoms with Crippen LogP contribution in [0.4, 0.5) is 11.4 Å². The van der Waals surface area contributed by atoms with Crippen LogP contribution in [0.3, 0.4) is 0 Å². The number of nitrogen functional groups attached to an aromatic ring is 2. The zero-order valence-corrected chi connectivity index (χ0v) is 23.8. The number of rotatable bonds is 12. The lowest BCUT2D eigenvalue weighted by molar-refractivity contribution is 0.401. The van der Waals surface area contributed by atoms with Gasteiger partial charge in [0, 0.05) is 16.8 Å². The molecule has 4 aromatic rings. The largest absolute Gasteiger partial charge is 0.399 e. The smallest absolute Gasteiger partial charge is 0.0314 e. The fourth-order valence-electron chi connectivity index (χ4n) is 6.58. The van der Waals surface area contributed by atoms with Crippen LogP contribution in [0.5, 0.6) is 0 Å². The van der Waals surface area contributed by atoms with Crippen molar-refractivity contribution in [2.45, 2.75) is 83.5 Å². The second-order valence-corrected chi connectivity index (χ2v) is 11.5. The van der Waals surface area contributed by atoms with Crippen molar-refractivity contribution < 1.29 is 0 Å². The molecule has 0 unspecified atom stereocenters. The Balaban J connectivity index is 1.64. The molecule has 1 aliphatic carbocycles. The molecule has 0 spiro atoms. The standard InChI is InChI=1S/C37H44N2/c1-3-5-7-9-23-37(24-10-8-6-4-2)35-25-29(27-11-17-31(38)18-12-27)15-21-33(35)34-22-16-30(26-36(34)37)28-13-19-32(39)20-14-28/h11-22,25-26H,3-10,23-24,38-39H2,1-2H3. The predicted octanol–water partition coefficient (Wildman–Crippen LogP) is 10.4. The van der Waals surface area contributed by atoms with E-state index in [1.807, 2.05) is 24.3 Å². The molecule has 0 amide bonds. The molecule has 0 aromatic heterocycles. The molecule has 0 bridgehead atoms. The van der Waals surface area contributed by atoms with Gasteiger partial charge in [0.25, 0.3) is 0 Å². The van der Waals surface area contributed by atoms with Gasteiger partial charge in [0.05, 0.1) is 0 Å². The second-order valence-electron chi connectivity index (χ2n) is 11.5. The average Bonchev–Trinajstić information content (AvgIpc) is 3.23. The molecule has 202 valence electrons. The number of unbranched alkanes of at least 4 members (excludes halogenated alkanes) is 6. The number of benzene rings is 4. The lowest BCUT2D eigenvalue weighted by Gasteiger charge is -2.33. The van der Waals surface area contributed by atoms with E-state index >= 15 is 0 Å². The molecule has 0 radical (unpaired) electrons. The Bertz CT molecular complexity index is 1270. The van der Waals surface area contributed by atoms with Crippen molar-refractivity contribution >= 4 is 11.4 Å². The maximum absolute atomic E-state index is 6.02. The van der Waals surface area contributed by atoms with Gasteiger partial charge in [-0.1, -0.05) is 114 Å². The predicted molar refractivity (Wildman–Crippen MR) is 170 cm³/mol. The summed E-state index contributed by atoms with van der Waals surface area (Å²) in [6.07, 6.45) is 12.7. The van der Waals surface area contributed by atoms with Crippen molar-refractivity contribution in [3.05, 3.63) is 96.1 Å². The Morgan fingerprint density at radius 3 is 1.23 bits per heavy atom. The first-order valence-corrected chi connectivity index (χ1v) is 15.1. The summed E-state index contributed by atoms with van der Waals surface area (Å²) in [6.45, 7) is 4.61. The Hall–Kier alpha value is -3.52. The third-order valence-electron chi connectivity index (χ3n) is 8.76. The summed E-state index contributed by atoms with van der Waals surface area (Å²) in [5.74, 6) is 0. The molecule has 0 aliphatic heterocycles. The van der Waals surface area contributed by atoms with Crippen molar-refractivity contribution in [2.24, 2.45) is 0 Å². The van der Waals surface area contributed by atoms with Crippen LogP contribution in [-0.4, -0.2) is 0 Å². The van der Waals surface area contributed by atoms with E-state index in [1.54, 1.807) is 0 Å². The highest BCUT2D eigenvalue weighted by Gasteiger charge is 2.42. The third-order valence-corrected chi connectivity index (χ3v) is 8.76. The lowest BCUT2D eigenvalue weighted by Crippen LogP contribution is -2.25. The topological polar surface area (TPSA) is 52.0 Å². The fraction of sp³-hybridized carbons (Fsp3) is 0.351. The minimum absolute atomic E-state index is 0.0415. The van der Waals surface area contributed by atoms with Gasteiger partial charge >= 0.3 is 0 Å². The first kappa shape index (κ1) is 27.1. The summed E-state index contributed by atoms with van der Waals surface area (Å²) in [6, 6.07) is 31.0. The van der Waals surface area contributed by atoms with Gasteiger partial charge in [-0.2, -0.15) is 0 Å². The van der Waals surface area contributed by atoms with Crippen molar-refractivity contribution in [1.82, 2.24) is 0 Å². The van der Waals surface area contributed by atoms with Crippen LogP contribution < -0.4 is 11.5 Å². The van der Waals surface area contributed by atoms with Crippen LogP contribution in [-0.2, 0) is 5.41 Å². The molecule has 2 heteroatoms. The van der Waals surface area contributed by atoms with Gasteiger partial charge in [0.2, 0.25) is 0 Å². The normalized spacial score (nSPS) is 13.3. The van der Waals surface area contributed by atoms with Gasteiger partial charge in [-0.25, -0.2) is 0 Å². The minimum atomic E-state index is 0.0415. The fourth-order valence-corrected chi connectivity index (χ4v) is 6.58. The van der Waals surface area contributed by atoms with Crippen LogP contribution >= 0.6 is 0 Å². The summed E-state index contributed by atoms with van der Waals surface area (Å²) < 4.78 is 0. The molecule has 0 atom stereocenters. The van der Waals surface area contributed by atoms with Gasteiger partial charge in [-0.15, -0.1) is 0 Å². The molecular formula is C37H44N2. The van der Waals surface area contributed by atoms with Crippen molar-refractivity contribution in [2.75, 3.05) is 11.5 Å². The van der Waals surface area contributed by atoms with Crippen molar-refractivity contribution in [3.63, 3.8) is 0 Å². The summed E-state index contributed by atoms with van der Waals surface area (Å²) >= 11 is 0. The van der Waals surface area contributed by atoms with Crippen LogP contribution in [0.15, 0.2) is 84.9 Å². The second kappa shape index (κ2) is 12.1. The zero-order valence-electron chi connectivity index (χ0n) is 23.8. The molecule has 39 heavy (non-hydrogen) atoms. The van der Waals surface area contributed by atoms with E-state index in [2.05, 4.69) is 74.5 Å². The van der Waals surface area contributed by atoms with E-state index in [0.717, 1.165) is 11.4 Å². The van der Waals surface area contributed by atoms with Gasteiger partial charge in [0.1, 0.15) is 0 Å². The van der Waals surface area contributed by atoms with E-state index in [1.165, 1.54) is 109 Å². The van der Waals surface area contributed by atoms with Crippen LogP contribution in [0, 0.1) is 0 Å². The Kier molecular flexibility index (Phi) is 8.41. The van der Waals surface area contributed by atoms with E-state index in [9.17, 15) is 0 Å². The van der Waals surface area contributed by atoms with Crippen molar-refractivity contribution in [1.29, 1.82) is 0 Å². The molecule has 0 saturated carbocycles. The molecule has 0 saturated heterocycles. The zero-order chi connectivity index (χ0) is 27.2. The van der Waals surface area contributed by atoms with E-state index < -0.39 is 0 Å². The number of hydrogen-bond acceptors (Lipinski definition) is 2. The molecule has 0 fully saturated rings. The summed E-state index contributed by atoms with van der Waals surface area (Å²) in [5, 5.41) is 0. The Morgan fingerprint density at radius 2 is 0.846 bits per heavy atom. The molecule has 1 aliphatic rings. The first-order valence-electron chi connectivity index (χ1n) is 15.1. The van der Waals surface area contributed by atoms with Crippen molar-refractivity contribution in [3.8, 4) is 33.4 Å². The third kappa shape index (κ3) is 5.62. The van der Waals surface area contributed by atoms with E-state index in [-0.39, 0.29) is 5.41 Å². The molecular weight excluding hydrogens is 472 g/mol. The Morgan fingerprint density at radius 1 is 0.462 bits per heavy atom. The average molecular weight is 517 g/mol.